The Morgan fingerprint density at radius 3 is 2.66 bits per heavy atom. The van der Waals surface area contributed by atoms with E-state index in [1.54, 1.807) is 5.57 Å². The molecule has 0 amide bonds. The molecular formula is C26H42O3. The third-order valence-electron chi connectivity index (χ3n) is 7.80. The fraction of sp³-hybridized carbons (Fsp3) is 0.769. The van der Waals surface area contributed by atoms with Crippen molar-refractivity contribution in [2.24, 2.45) is 23.7 Å². The van der Waals surface area contributed by atoms with Gasteiger partial charge in [-0.05, 0) is 93.6 Å². The summed E-state index contributed by atoms with van der Waals surface area (Å²) in [6.45, 7) is 10.3. The van der Waals surface area contributed by atoms with Crippen LogP contribution in [0.1, 0.15) is 85.0 Å². The third-order valence-corrected chi connectivity index (χ3v) is 7.80. The van der Waals surface area contributed by atoms with Gasteiger partial charge in [0.2, 0.25) is 0 Å². The second-order valence-electron chi connectivity index (χ2n) is 10.7. The molecule has 3 nitrogen and oxygen atoms in total. The SMILES string of the molecule is C=C1C(=CC=C2CCC[C@@H]3[C@@H]([C@H](C)CCCC(C)(C)O)CC[C@@H]23)C[C@@H](O)C[C@@H]1O. The van der Waals surface area contributed by atoms with Gasteiger partial charge in [-0.2, -0.15) is 0 Å². The highest BCUT2D eigenvalue weighted by molar-refractivity contribution is 5.38. The van der Waals surface area contributed by atoms with Crippen LogP contribution >= 0.6 is 0 Å². The van der Waals surface area contributed by atoms with E-state index in [2.05, 4.69) is 25.7 Å². The highest BCUT2D eigenvalue weighted by atomic mass is 16.3. The summed E-state index contributed by atoms with van der Waals surface area (Å²) in [5.74, 6) is 3.05. The molecule has 0 saturated heterocycles. The predicted molar refractivity (Wildman–Crippen MR) is 119 cm³/mol. The Morgan fingerprint density at radius 2 is 1.93 bits per heavy atom. The van der Waals surface area contributed by atoms with Crippen LogP contribution in [0.3, 0.4) is 0 Å². The molecule has 0 aromatic carbocycles. The van der Waals surface area contributed by atoms with Gasteiger partial charge in [-0.15, -0.1) is 0 Å². The predicted octanol–water partition coefficient (Wildman–Crippen LogP) is 5.31. The van der Waals surface area contributed by atoms with E-state index in [1.807, 2.05) is 13.8 Å². The highest BCUT2D eigenvalue weighted by Crippen LogP contribution is 2.51. The van der Waals surface area contributed by atoms with Crippen molar-refractivity contribution in [2.45, 2.75) is 103 Å². The molecule has 164 valence electrons. The molecule has 3 N–H and O–H groups in total. The van der Waals surface area contributed by atoms with Gasteiger partial charge in [0.1, 0.15) is 0 Å². The average molecular weight is 403 g/mol. The van der Waals surface area contributed by atoms with E-state index >= 15 is 0 Å². The molecule has 6 atom stereocenters. The van der Waals surface area contributed by atoms with Crippen molar-refractivity contribution in [1.82, 2.24) is 0 Å². The van der Waals surface area contributed by atoms with Gasteiger partial charge in [-0.3, -0.25) is 0 Å². The lowest BCUT2D eigenvalue weighted by Crippen LogP contribution is -2.27. The summed E-state index contributed by atoms with van der Waals surface area (Å²) in [4.78, 5) is 0. The summed E-state index contributed by atoms with van der Waals surface area (Å²) >= 11 is 0. The largest absolute Gasteiger partial charge is 0.393 e. The van der Waals surface area contributed by atoms with Gasteiger partial charge in [0, 0.05) is 6.42 Å². The Morgan fingerprint density at radius 1 is 1.17 bits per heavy atom. The fourth-order valence-corrected chi connectivity index (χ4v) is 6.15. The summed E-state index contributed by atoms with van der Waals surface area (Å²) in [6, 6.07) is 0. The van der Waals surface area contributed by atoms with Crippen molar-refractivity contribution >= 4 is 0 Å². The van der Waals surface area contributed by atoms with Crippen LogP contribution in [0.4, 0.5) is 0 Å². The van der Waals surface area contributed by atoms with Gasteiger partial charge in [-0.25, -0.2) is 0 Å². The molecule has 0 spiro atoms. The molecule has 3 heteroatoms. The van der Waals surface area contributed by atoms with Crippen LogP contribution in [0.2, 0.25) is 0 Å². The number of hydrogen-bond acceptors (Lipinski definition) is 3. The van der Waals surface area contributed by atoms with Gasteiger partial charge in [-0.1, -0.05) is 44.1 Å². The van der Waals surface area contributed by atoms with Gasteiger partial charge in [0.15, 0.2) is 0 Å². The van der Waals surface area contributed by atoms with E-state index in [4.69, 9.17) is 0 Å². The first kappa shape index (κ1) is 22.8. The Kier molecular flexibility index (Phi) is 7.46. The Balaban J connectivity index is 1.63. The van der Waals surface area contributed by atoms with Crippen LogP contribution in [0.15, 0.2) is 35.5 Å². The first-order chi connectivity index (χ1) is 13.7. The molecule has 0 unspecified atom stereocenters. The molecule has 0 aromatic rings. The van der Waals surface area contributed by atoms with E-state index in [0.717, 1.165) is 41.7 Å². The van der Waals surface area contributed by atoms with E-state index in [1.165, 1.54) is 38.5 Å². The van der Waals surface area contributed by atoms with Crippen molar-refractivity contribution in [1.29, 1.82) is 0 Å². The Hall–Kier alpha value is -0.900. The van der Waals surface area contributed by atoms with Gasteiger partial charge < -0.3 is 15.3 Å². The van der Waals surface area contributed by atoms with E-state index in [0.29, 0.717) is 18.8 Å². The Labute approximate surface area is 177 Å². The number of allylic oxidation sites excluding steroid dienone is 3. The molecule has 3 saturated carbocycles. The van der Waals surface area contributed by atoms with Crippen LogP contribution in [0, 0.1) is 23.7 Å². The van der Waals surface area contributed by atoms with Crippen LogP contribution in [0.5, 0.6) is 0 Å². The quantitative estimate of drug-likeness (QED) is 0.564. The topological polar surface area (TPSA) is 60.7 Å². The normalized spacial score (nSPS) is 37.2. The summed E-state index contributed by atoms with van der Waals surface area (Å²) in [5, 5.41) is 30.1. The minimum atomic E-state index is -0.608. The molecule has 3 rings (SSSR count). The Bertz CT molecular complexity index is 639. The third kappa shape index (κ3) is 5.83. The summed E-state index contributed by atoms with van der Waals surface area (Å²) in [6.07, 6.45) is 14.0. The molecular weight excluding hydrogens is 360 g/mol. The lowest BCUT2D eigenvalue weighted by Gasteiger charge is -2.34. The van der Waals surface area contributed by atoms with Crippen LogP contribution in [-0.4, -0.2) is 33.1 Å². The molecule has 0 aromatic heterocycles. The molecule has 3 fully saturated rings. The first-order valence-corrected chi connectivity index (χ1v) is 11.8. The molecule has 0 bridgehead atoms. The lowest BCUT2D eigenvalue weighted by molar-refractivity contribution is 0.0651. The summed E-state index contributed by atoms with van der Waals surface area (Å²) in [7, 11) is 0. The second kappa shape index (κ2) is 9.49. The maximum atomic E-state index is 10.1. The van der Waals surface area contributed by atoms with E-state index in [-0.39, 0.29) is 0 Å². The maximum absolute atomic E-state index is 10.1. The number of aliphatic hydroxyl groups is 3. The first-order valence-electron chi connectivity index (χ1n) is 11.8. The van der Waals surface area contributed by atoms with Gasteiger partial charge in [0.05, 0.1) is 17.8 Å². The van der Waals surface area contributed by atoms with Gasteiger partial charge >= 0.3 is 0 Å². The molecule has 0 aliphatic heterocycles. The number of fused-ring (bicyclic) bond motifs is 1. The zero-order valence-electron chi connectivity index (χ0n) is 18.7. The minimum Gasteiger partial charge on any atom is -0.393 e. The van der Waals surface area contributed by atoms with Gasteiger partial charge in [0.25, 0.3) is 0 Å². The zero-order chi connectivity index (χ0) is 21.2. The van der Waals surface area contributed by atoms with E-state index in [9.17, 15) is 15.3 Å². The minimum absolute atomic E-state index is 0.407. The molecule has 3 aliphatic carbocycles. The van der Waals surface area contributed by atoms with Crippen molar-refractivity contribution in [3.63, 3.8) is 0 Å². The number of hydrogen-bond donors (Lipinski definition) is 3. The number of rotatable bonds is 6. The van der Waals surface area contributed by atoms with Crippen LogP contribution < -0.4 is 0 Å². The monoisotopic (exact) mass is 402 g/mol. The van der Waals surface area contributed by atoms with Crippen molar-refractivity contribution in [3.8, 4) is 0 Å². The maximum Gasteiger partial charge on any atom is 0.0811 e. The highest BCUT2D eigenvalue weighted by Gasteiger charge is 2.41. The molecule has 29 heavy (non-hydrogen) atoms. The van der Waals surface area contributed by atoms with Crippen molar-refractivity contribution in [3.05, 3.63) is 35.5 Å². The van der Waals surface area contributed by atoms with Crippen LogP contribution in [-0.2, 0) is 0 Å². The zero-order valence-corrected chi connectivity index (χ0v) is 18.7. The standard InChI is InChI=1S/C26H42O3/c1-17(7-6-14-26(3,4)29)22-12-13-23-19(8-5-9-24(22)23)10-11-20-15-21(27)16-25(28)18(20)2/h10-11,17,21-25,27-29H,2,5-9,12-16H2,1,3-4H3/t17-,21-,22-,23+,24-,25+/m1/s1. The van der Waals surface area contributed by atoms with Crippen LogP contribution in [0.25, 0.3) is 0 Å². The lowest BCUT2D eigenvalue weighted by atomic mass is 9.71. The molecule has 0 heterocycles. The second-order valence-corrected chi connectivity index (χ2v) is 10.7. The smallest absolute Gasteiger partial charge is 0.0811 e. The number of aliphatic hydroxyl groups excluding tert-OH is 2. The molecule has 0 radical (unpaired) electrons. The van der Waals surface area contributed by atoms with Crippen molar-refractivity contribution in [2.75, 3.05) is 0 Å². The summed E-state index contributed by atoms with van der Waals surface area (Å²) in [5.41, 5.74) is 2.82. The van der Waals surface area contributed by atoms with Crippen molar-refractivity contribution < 1.29 is 15.3 Å². The summed E-state index contributed by atoms with van der Waals surface area (Å²) < 4.78 is 0. The van der Waals surface area contributed by atoms with E-state index < -0.39 is 17.8 Å². The fourth-order valence-electron chi connectivity index (χ4n) is 6.15. The average Bonchev–Trinajstić information content (AvgIpc) is 3.07. The molecule has 3 aliphatic rings.